The van der Waals surface area contributed by atoms with Gasteiger partial charge in [-0.3, -0.25) is 4.79 Å². The van der Waals surface area contributed by atoms with E-state index in [1.807, 2.05) is 0 Å². The minimum atomic E-state index is -3.52. The first-order valence-corrected chi connectivity index (χ1v) is 9.37. The van der Waals surface area contributed by atoms with Crippen LogP contribution in [0.2, 0.25) is 5.02 Å². The molecule has 2 aromatic carbocycles. The van der Waals surface area contributed by atoms with Gasteiger partial charge in [-0.15, -0.1) is 0 Å². The number of nitrogens with one attached hydrogen (secondary N) is 1. The van der Waals surface area contributed by atoms with Gasteiger partial charge in [0.1, 0.15) is 0 Å². The molecule has 128 valence electrons. The Bertz CT molecular complexity index is 816. The van der Waals surface area contributed by atoms with E-state index in [1.165, 1.54) is 28.6 Å². The molecule has 0 bridgehead atoms. The quantitative estimate of drug-likeness (QED) is 0.849. The molecule has 2 aromatic rings. The van der Waals surface area contributed by atoms with Crippen molar-refractivity contribution < 1.29 is 13.2 Å². The Morgan fingerprint density at radius 2 is 1.71 bits per heavy atom. The maximum Gasteiger partial charge on any atom is 0.255 e. The molecule has 1 amide bonds. The highest BCUT2D eigenvalue weighted by atomic mass is 35.5. The van der Waals surface area contributed by atoms with Crippen molar-refractivity contribution in [2.45, 2.75) is 18.7 Å². The zero-order valence-electron chi connectivity index (χ0n) is 13.5. The van der Waals surface area contributed by atoms with Crippen LogP contribution in [0.3, 0.4) is 0 Å². The fourth-order valence-corrected chi connectivity index (χ4v) is 3.91. The smallest absolute Gasteiger partial charge is 0.255 e. The molecule has 7 heteroatoms. The lowest BCUT2D eigenvalue weighted by atomic mass is 10.2. The van der Waals surface area contributed by atoms with E-state index in [0.29, 0.717) is 29.4 Å². The SMILES string of the molecule is CCN(CC)S(=O)(=O)c1ccc(C(=O)Nc2cccc(Cl)c2)cc1. The molecule has 0 saturated carbocycles. The van der Waals surface area contributed by atoms with Crippen LogP contribution >= 0.6 is 11.6 Å². The minimum Gasteiger partial charge on any atom is -0.322 e. The molecular formula is C17H19ClN2O3S. The summed E-state index contributed by atoms with van der Waals surface area (Å²) in [7, 11) is -3.52. The van der Waals surface area contributed by atoms with Crippen molar-refractivity contribution in [3.63, 3.8) is 0 Å². The number of anilines is 1. The fraction of sp³-hybridized carbons (Fsp3) is 0.235. The fourth-order valence-electron chi connectivity index (χ4n) is 2.26. The summed E-state index contributed by atoms with van der Waals surface area (Å²) < 4.78 is 26.2. The molecule has 0 atom stereocenters. The first-order chi connectivity index (χ1) is 11.4. The number of carbonyl (C=O) groups is 1. The van der Waals surface area contributed by atoms with Crippen LogP contribution in [-0.4, -0.2) is 31.7 Å². The van der Waals surface area contributed by atoms with Gasteiger partial charge < -0.3 is 5.32 Å². The highest BCUT2D eigenvalue weighted by Gasteiger charge is 2.21. The molecule has 0 heterocycles. The Morgan fingerprint density at radius 1 is 1.08 bits per heavy atom. The molecule has 0 aromatic heterocycles. The number of hydrogen-bond donors (Lipinski definition) is 1. The van der Waals surface area contributed by atoms with Crippen molar-refractivity contribution in [1.29, 1.82) is 0 Å². The average molecular weight is 367 g/mol. The van der Waals surface area contributed by atoms with Gasteiger partial charge in [-0.2, -0.15) is 4.31 Å². The maximum absolute atomic E-state index is 12.4. The van der Waals surface area contributed by atoms with E-state index in [1.54, 1.807) is 38.1 Å². The Hall–Kier alpha value is -1.89. The summed E-state index contributed by atoms with van der Waals surface area (Å²) in [5, 5.41) is 3.24. The molecule has 24 heavy (non-hydrogen) atoms. The van der Waals surface area contributed by atoms with E-state index >= 15 is 0 Å². The molecule has 0 fully saturated rings. The first-order valence-electron chi connectivity index (χ1n) is 7.55. The topological polar surface area (TPSA) is 66.5 Å². The summed E-state index contributed by atoms with van der Waals surface area (Å²) in [4.78, 5) is 12.4. The molecule has 0 aliphatic carbocycles. The maximum atomic E-state index is 12.4. The minimum absolute atomic E-state index is 0.172. The number of halogens is 1. The highest BCUT2D eigenvalue weighted by molar-refractivity contribution is 7.89. The first kappa shape index (κ1) is 18.4. The molecule has 0 spiro atoms. The van der Waals surface area contributed by atoms with Gasteiger partial charge in [0.15, 0.2) is 0 Å². The van der Waals surface area contributed by atoms with Gasteiger partial charge in [0, 0.05) is 29.4 Å². The summed E-state index contributed by atoms with van der Waals surface area (Å²) in [5.41, 5.74) is 0.945. The third-order valence-corrected chi connectivity index (χ3v) is 5.84. The van der Waals surface area contributed by atoms with Crippen LogP contribution < -0.4 is 5.32 Å². The summed E-state index contributed by atoms with van der Waals surface area (Å²) in [5.74, 6) is -0.330. The van der Waals surface area contributed by atoms with Gasteiger partial charge in [-0.25, -0.2) is 8.42 Å². The lowest BCUT2D eigenvalue weighted by molar-refractivity contribution is 0.102. The van der Waals surface area contributed by atoms with Crippen molar-refractivity contribution in [1.82, 2.24) is 4.31 Å². The van der Waals surface area contributed by atoms with E-state index in [4.69, 9.17) is 11.6 Å². The standard InChI is InChI=1S/C17H19ClN2O3S/c1-3-20(4-2)24(22,23)16-10-8-13(9-11-16)17(21)19-15-7-5-6-14(18)12-15/h5-12H,3-4H2,1-2H3,(H,19,21). The summed E-state index contributed by atoms with van der Waals surface area (Å²) in [6, 6.07) is 12.7. The Kier molecular flexibility index (Phi) is 5.99. The lowest BCUT2D eigenvalue weighted by Gasteiger charge is -2.18. The molecular weight excluding hydrogens is 348 g/mol. The van der Waals surface area contributed by atoms with Crippen molar-refractivity contribution in [2.75, 3.05) is 18.4 Å². The Morgan fingerprint density at radius 3 is 2.25 bits per heavy atom. The van der Waals surface area contributed by atoms with E-state index in [2.05, 4.69) is 5.32 Å². The number of sulfonamides is 1. The summed E-state index contributed by atoms with van der Waals surface area (Å²) in [6.45, 7) is 4.37. The van der Waals surface area contributed by atoms with Crippen LogP contribution in [0.1, 0.15) is 24.2 Å². The summed E-state index contributed by atoms with van der Waals surface area (Å²) in [6.07, 6.45) is 0. The molecule has 1 N–H and O–H groups in total. The highest BCUT2D eigenvalue weighted by Crippen LogP contribution is 2.18. The second kappa shape index (κ2) is 7.79. The second-order valence-corrected chi connectivity index (χ2v) is 7.45. The number of benzene rings is 2. The van der Waals surface area contributed by atoms with Crippen LogP contribution in [-0.2, 0) is 10.0 Å². The molecule has 5 nitrogen and oxygen atoms in total. The predicted octanol–water partition coefficient (Wildman–Crippen LogP) is 3.62. The molecule has 0 aliphatic rings. The van der Waals surface area contributed by atoms with Crippen LogP contribution in [0.4, 0.5) is 5.69 Å². The second-order valence-electron chi connectivity index (χ2n) is 5.08. The van der Waals surface area contributed by atoms with E-state index in [0.717, 1.165) is 0 Å². The van der Waals surface area contributed by atoms with Crippen molar-refractivity contribution in [3.8, 4) is 0 Å². The predicted molar refractivity (Wildman–Crippen MR) is 96.0 cm³/mol. The molecule has 0 unspecified atom stereocenters. The Labute approximate surface area is 147 Å². The molecule has 0 aliphatic heterocycles. The number of rotatable bonds is 6. The average Bonchev–Trinajstić information content (AvgIpc) is 2.56. The van der Waals surface area contributed by atoms with Gasteiger partial charge in [0.05, 0.1) is 4.90 Å². The van der Waals surface area contributed by atoms with Crippen LogP contribution in [0.25, 0.3) is 0 Å². The van der Waals surface area contributed by atoms with Gasteiger partial charge >= 0.3 is 0 Å². The zero-order valence-corrected chi connectivity index (χ0v) is 15.1. The monoisotopic (exact) mass is 366 g/mol. The number of carbonyl (C=O) groups excluding carboxylic acids is 1. The van der Waals surface area contributed by atoms with Crippen LogP contribution in [0.5, 0.6) is 0 Å². The van der Waals surface area contributed by atoms with E-state index in [-0.39, 0.29) is 10.8 Å². The van der Waals surface area contributed by atoms with Gasteiger partial charge in [0.2, 0.25) is 10.0 Å². The van der Waals surface area contributed by atoms with Crippen LogP contribution in [0.15, 0.2) is 53.4 Å². The van der Waals surface area contributed by atoms with Crippen molar-refractivity contribution >= 4 is 33.2 Å². The van der Waals surface area contributed by atoms with Crippen molar-refractivity contribution in [2.24, 2.45) is 0 Å². The van der Waals surface area contributed by atoms with E-state index in [9.17, 15) is 13.2 Å². The van der Waals surface area contributed by atoms with Gasteiger partial charge in [0.25, 0.3) is 5.91 Å². The normalized spacial score (nSPS) is 11.5. The third-order valence-electron chi connectivity index (χ3n) is 3.54. The third kappa shape index (κ3) is 4.14. The molecule has 2 rings (SSSR count). The number of hydrogen-bond acceptors (Lipinski definition) is 3. The van der Waals surface area contributed by atoms with Crippen LogP contribution in [0, 0.1) is 0 Å². The number of nitrogens with zero attached hydrogens (tertiary/aromatic N) is 1. The van der Waals surface area contributed by atoms with Crippen molar-refractivity contribution in [3.05, 3.63) is 59.1 Å². The van der Waals surface area contributed by atoms with E-state index < -0.39 is 10.0 Å². The summed E-state index contributed by atoms with van der Waals surface area (Å²) >= 11 is 5.88. The largest absolute Gasteiger partial charge is 0.322 e. The zero-order chi connectivity index (χ0) is 17.7. The number of amides is 1. The molecule has 0 saturated heterocycles. The Balaban J connectivity index is 2.18. The lowest BCUT2D eigenvalue weighted by Crippen LogP contribution is -2.30. The van der Waals surface area contributed by atoms with Gasteiger partial charge in [-0.1, -0.05) is 31.5 Å². The van der Waals surface area contributed by atoms with Gasteiger partial charge in [-0.05, 0) is 42.5 Å². The molecule has 0 radical (unpaired) electrons.